The first-order valence-electron chi connectivity index (χ1n) is 9.88. The number of hydrogen-bond donors (Lipinski definition) is 0. The van der Waals surface area contributed by atoms with Gasteiger partial charge in [0.2, 0.25) is 11.7 Å². The Hall–Kier alpha value is -3.21. The second-order valence-corrected chi connectivity index (χ2v) is 8.30. The fourth-order valence-corrected chi connectivity index (χ4v) is 3.98. The SMILES string of the molecule is CCCn1c(SC(C)c2nc(-c3cccc(C(F)(F)F)c3)no2)nnc1-c1ccncc1. The normalized spacial score (nSPS) is 12.8. The summed E-state index contributed by atoms with van der Waals surface area (Å²) in [6.45, 7) is 4.65. The minimum Gasteiger partial charge on any atom is -0.338 e. The van der Waals surface area contributed by atoms with Crippen LogP contribution < -0.4 is 0 Å². The molecule has 0 radical (unpaired) electrons. The van der Waals surface area contributed by atoms with Crippen LogP contribution in [0.25, 0.3) is 22.8 Å². The van der Waals surface area contributed by atoms with Crippen LogP contribution in [0, 0.1) is 0 Å². The van der Waals surface area contributed by atoms with E-state index in [0.29, 0.717) is 11.0 Å². The van der Waals surface area contributed by atoms with E-state index in [0.717, 1.165) is 36.5 Å². The highest BCUT2D eigenvalue weighted by molar-refractivity contribution is 7.99. The summed E-state index contributed by atoms with van der Waals surface area (Å²) in [4.78, 5) is 8.34. The molecular weight excluding hydrogens is 441 g/mol. The van der Waals surface area contributed by atoms with E-state index in [4.69, 9.17) is 4.52 Å². The van der Waals surface area contributed by atoms with Crippen LogP contribution >= 0.6 is 11.8 Å². The lowest BCUT2D eigenvalue weighted by Gasteiger charge is -2.10. The van der Waals surface area contributed by atoms with Crippen molar-refractivity contribution in [1.29, 1.82) is 0 Å². The minimum absolute atomic E-state index is 0.103. The molecule has 0 amide bonds. The third kappa shape index (κ3) is 4.67. The number of pyridine rings is 1. The number of rotatable bonds is 7. The van der Waals surface area contributed by atoms with Gasteiger partial charge in [0.15, 0.2) is 11.0 Å². The van der Waals surface area contributed by atoms with Gasteiger partial charge in [-0.3, -0.25) is 4.98 Å². The number of nitrogens with zero attached hydrogens (tertiary/aromatic N) is 6. The summed E-state index contributed by atoms with van der Waals surface area (Å²) in [5.41, 5.74) is 0.381. The van der Waals surface area contributed by atoms with Crippen LogP contribution in [0.5, 0.6) is 0 Å². The van der Waals surface area contributed by atoms with Gasteiger partial charge in [-0.1, -0.05) is 36.0 Å². The van der Waals surface area contributed by atoms with Gasteiger partial charge in [-0.2, -0.15) is 18.2 Å². The van der Waals surface area contributed by atoms with E-state index in [9.17, 15) is 13.2 Å². The van der Waals surface area contributed by atoms with Crippen LogP contribution in [-0.2, 0) is 12.7 Å². The van der Waals surface area contributed by atoms with Gasteiger partial charge >= 0.3 is 6.18 Å². The standard InChI is InChI=1S/C21H19F3N6OS/c1-3-11-30-18(14-7-9-25-10-8-14)27-28-20(30)32-13(2)19-26-17(29-31-19)15-5-4-6-16(12-15)21(22,23)24/h4-10,12-13H,3,11H2,1-2H3. The lowest BCUT2D eigenvalue weighted by atomic mass is 10.1. The van der Waals surface area contributed by atoms with E-state index in [1.807, 2.05) is 23.6 Å². The van der Waals surface area contributed by atoms with Gasteiger partial charge in [0.1, 0.15) is 0 Å². The molecule has 0 fully saturated rings. The van der Waals surface area contributed by atoms with E-state index < -0.39 is 11.7 Å². The molecule has 3 aromatic heterocycles. The van der Waals surface area contributed by atoms with Crippen molar-refractivity contribution in [3.8, 4) is 22.8 Å². The van der Waals surface area contributed by atoms with Crippen molar-refractivity contribution in [1.82, 2.24) is 29.9 Å². The van der Waals surface area contributed by atoms with E-state index in [-0.39, 0.29) is 16.6 Å². The Morgan fingerprint density at radius 1 is 1.09 bits per heavy atom. The first kappa shape index (κ1) is 22.0. The molecule has 4 rings (SSSR count). The number of aromatic nitrogens is 6. The molecule has 0 aliphatic heterocycles. The molecule has 0 saturated carbocycles. The Morgan fingerprint density at radius 3 is 2.59 bits per heavy atom. The van der Waals surface area contributed by atoms with Crippen LogP contribution in [-0.4, -0.2) is 29.9 Å². The molecule has 0 N–H and O–H groups in total. The summed E-state index contributed by atoms with van der Waals surface area (Å²) in [6, 6.07) is 8.58. The predicted molar refractivity (Wildman–Crippen MR) is 113 cm³/mol. The largest absolute Gasteiger partial charge is 0.416 e. The van der Waals surface area contributed by atoms with Gasteiger partial charge in [0.05, 0.1) is 10.8 Å². The van der Waals surface area contributed by atoms with Crippen molar-refractivity contribution >= 4 is 11.8 Å². The minimum atomic E-state index is -4.44. The van der Waals surface area contributed by atoms with Crippen LogP contribution in [0.15, 0.2) is 58.5 Å². The van der Waals surface area contributed by atoms with Gasteiger partial charge in [-0.15, -0.1) is 10.2 Å². The molecule has 3 heterocycles. The van der Waals surface area contributed by atoms with E-state index in [1.54, 1.807) is 12.4 Å². The molecule has 166 valence electrons. The second kappa shape index (κ2) is 9.11. The van der Waals surface area contributed by atoms with E-state index in [2.05, 4.69) is 32.2 Å². The van der Waals surface area contributed by atoms with Crippen LogP contribution in [0.2, 0.25) is 0 Å². The number of benzene rings is 1. The smallest absolute Gasteiger partial charge is 0.338 e. The molecule has 0 aliphatic carbocycles. The Morgan fingerprint density at radius 2 is 1.88 bits per heavy atom. The van der Waals surface area contributed by atoms with Crippen LogP contribution in [0.4, 0.5) is 13.2 Å². The van der Waals surface area contributed by atoms with Gasteiger partial charge < -0.3 is 9.09 Å². The van der Waals surface area contributed by atoms with Gasteiger partial charge in [-0.05, 0) is 37.6 Å². The van der Waals surface area contributed by atoms with Crippen molar-refractivity contribution in [2.45, 2.75) is 43.4 Å². The Labute approximate surface area is 186 Å². The fraction of sp³-hybridized carbons (Fsp3) is 0.286. The van der Waals surface area contributed by atoms with Gasteiger partial charge in [0, 0.05) is 30.1 Å². The summed E-state index contributed by atoms with van der Waals surface area (Å²) in [6.07, 6.45) is -0.160. The molecule has 0 bridgehead atoms. The maximum absolute atomic E-state index is 13.0. The molecular formula is C21H19F3N6OS. The number of alkyl halides is 3. The predicted octanol–water partition coefficient (Wildman–Crippen LogP) is 5.67. The zero-order valence-corrected chi connectivity index (χ0v) is 18.1. The average molecular weight is 460 g/mol. The summed E-state index contributed by atoms with van der Waals surface area (Å²) >= 11 is 1.39. The Kier molecular flexibility index (Phi) is 6.26. The third-order valence-electron chi connectivity index (χ3n) is 4.62. The molecule has 0 aliphatic rings. The third-order valence-corrected chi connectivity index (χ3v) is 5.69. The highest BCUT2D eigenvalue weighted by Crippen LogP contribution is 2.36. The quantitative estimate of drug-likeness (QED) is 0.329. The molecule has 7 nitrogen and oxygen atoms in total. The average Bonchev–Trinajstić information content (AvgIpc) is 3.42. The lowest BCUT2D eigenvalue weighted by Crippen LogP contribution is -2.04. The molecule has 1 aromatic carbocycles. The molecule has 0 saturated heterocycles. The Balaban J connectivity index is 1.57. The molecule has 1 atom stereocenters. The zero-order valence-electron chi connectivity index (χ0n) is 17.2. The summed E-state index contributed by atoms with van der Waals surface area (Å²) in [5.74, 6) is 1.13. The summed E-state index contributed by atoms with van der Waals surface area (Å²) in [5, 5.41) is 12.9. The monoisotopic (exact) mass is 460 g/mol. The Bertz CT molecular complexity index is 1190. The van der Waals surface area contributed by atoms with Gasteiger partial charge in [-0.25, -0.2) is 0 Å². The highest BCUT2D eigenvalue weighted by atomic mass is 32.2. The van der Waals surface area contributed by atoms with Crippen molar-refractivity contribution in [3.63, 3.8) is 0 Å². The lowest BCUT2D eigenvalue weighted by molar-refractivity contribution is -0.137. The number of hydrogen-bond acceptors (Lipinski definition) is 7. The maximum atomic E-state index is 13.0. The summed E-state index contributed by atoms with van der Waals surface area (Å²) in [7, 11) is 0. The maximum Gasteiger partial charge on any atom is 0.416 e. The topological polar surface area (TPSA) is 82.5 Å². The highest BCUT2D eigenvalue weighted by Gasteiger charge is 2.31. The number of halogens is 3. The zero-order chi connectivity index (χ0) is 22.7. The van der Waals surface area contributed by atoms with E-state index >= 15 is 0 Å². The van der Waals surface area contributed by atoms with Crippen LogP contribution in [0.1, 0.15) is 37.0 Å². The van der Waals surface area contributed by atoms with Crippen molar-refractivity contribution < 1.29 is 17.7 Å². The summed E-state index contributed by atoms with van der Waals surface area (Å²) < 4.78 is 46.4. The first-order valence-corrected chi connectivity index (χ1v) is 10.8. The molecule has 32 heavy (non-hydrogen) atoms. The van der Waals surface area contributed by atoms with Crippen molar-refractivity contribution in [3.05, 3.63) is 60.2 Å². The second-order valence-electron chi connectivity index (χ2n) is 6.99. The van der Waals surface area contributed by atoms with Crippen molar-refractivity contribution in [2.75, 3.05) is 0 Å². The molecule has 0 spiro atoms. The number of thioether (sulfide) groups is 1. The van der Waals surface area contributed by atoms with Gasteiger partial charge in [0.25, 0.3) is 0 Å². The van der Waals surface area contributed by atoms with E-state index in [1.165, 1.54) is 23.9 Å². The molecule has 4 aromatic rings. The first-order chi connectivity index (χ1) is 15.4. The molecule has 1 unspecified atom stereocenters. The fourth-order valence-electron chi connectivity index (χ4n) is 3.08. The van der Waals surface area contributed by atoms with Crippen molar-refractivity contribution in [2.24, 2.45) is 0 Å². The molecule has 11 heteroatoms. The van der Waals surface area contributed by atoms with Crippen LogP contribution in [0.3, 0.4) is 0 Å².